The summed E-state index contributed by atoms with van der Waals surface area (Å²) in [7, 11) is 0. The summed E-state index contributed by atoms with van der Waals surface area (Å²) in [6.45, 7) is 6.44. The van der Waals surface area contributed by atoms with Crippen LogP contribution >= 0.6 is 0 Å². The van der Waals surface area contributed by atoms with Gasteiger partial charge < -0.3 is 14.2 Å². The van der Waals surface area contributed by atoms with E-state index in [1.54, 1.807) is 0 Å². The first-order valence-corrected chi connectivity index (χ1v) is 28.1. The molecule has 6 nitrogen and oxygen atoms in total. The SMILES string of the molecule is CC/C=C\C/C=C\C/C=C\C/C=C\CCCCC(=O)OC[C@H](COC(=O)CCCC/C=C\C/C=C\C/C=C\CCCCC)OC(=O)CCCCCCCCCCCCCCCCCCCCC. The molecule has 0 aromatic carbocycles. The molecule has 67 heavy (non-hydrogen) atoms. The number of unbranched alkanes of at least 4 members (excludes halogenated alkanes) is 25. The molecule has 0 unspecified atom stereocenters. The van der Waals surface area contributed by atoms with E-state index in [2.05, 4.69) is 106 Å². The average molecular weight is 933 g/mol. The molecule has 0 fully saturated rings. The van der Waals surface area contributed by atoms with Crippen molar-refractivity contribution in [2.45, 2.75) is 271 Å². The monoisotopic (exact) mass is 933 g/mol. The van der Waals surface area contributed by atoms with Crippen LogP contribution in [0.3, 0.4) is 0 Å². The van der Waals surface area contributed by atoms with E-state index in [-0.39, 0.29) is 31.1 Å². The van der Waals surface area contributed by atoms with Gasteiger partial charge >= 0.3 is 17.9 Å². The molecule has 0 aliphatic carbocycles. The fourth-order valence-corrected chi connectivity index (χ4v) is 7.68. The predicted molar refractivity (Wildman–Crippen MR) is 288 cm³/mol. The normalized spacial score (nSPS) is 12.7. The van der Waals surface area contributed by atoms with E-state index in [9.17, 15) is 14.4 Å². The second-order valence-electron chi connectivity index (χ2n) is 18.5. The van der Waals surface area contributed by atoms with Gasteiger partial charge in [0.25, 0.3) is 0 Å². The standard InChI is InChI=1S/C61H104O6/c1-4-7-10-13-16-19-22-25-28-29-30-31-34-37-40-43-46-49-52-55-61(64)67-58(56-65-59(62)53-50-47-44-41-38-35-32-26-23-20-17-14-11-8-5-2)57-66-60(63)54-51-48-45-42-39-36-33-27-24-21-18-15-12-9-6-3/h8,11,17-18,20-21,26-27,32-33,38-39,41-42,58H,4-7,9-10,12-16,19,22-25,28-31,34-37,40,43-57H2,1-3H3/b11-8-,20-17-,21-18-,32-26-,33-27-,41-38-,42-39-/t58-/m1/s1. The highest BCUT2D eigenvalue weighted by Gasteiger charge is 2.19. The molecule has 0 bridgehead atoms. The highest BCUT2D eigenvalue weighted by Crippen LogP contribution is 2.16. The fourth-order valence-electron chi connectivity index (χ4n) is 7.68. The van der Waals surface area contributed by atoms with Crippen molar-refractivity contribution in [2.24, 2.45) is 0 Å². The first-order chi connectivity index (χ1) is 33.0. The molecule has 1 atom stereocenters. The molecule has 0 spiro atoms. The predicted octanol–water partition coefficient (Wildman–Crippen LogP) is 18.8. The van der Waals surface area contributed by atoms with Gasteiger partial charge in [0.05, 0.1) is 0 Å². The molecule has 0 N–H and O–H groups in total. The van der Waals surface area contributed by atoms with Crippen molar-refractivity contribution >= 4 is 17.9 Å². The van der Waals surface area contributed by atoms with Crippen molar-refractivity contribution in [1.29, 1.82) is 0 Å². The van der Waals surface area contributed by atoms with Crippen LogP contribution in [0.2, 0.25) is 0 Å². The van der Waals surface area contributed by atoms with Crippen LogP contribution in [0.4, 0.5) is 0 Å². The smallest absolute Gasteiger partial charge is 0.306 e. The number of carbonyl (C=O) groups excluding carboxylic acids is 3. The van der Waals surface area contributed by atoms with E-state index < -0.39 is 6.10 Å². The van der Waals surface area contributed by atoms with Crippen LogP contribution in [0.15, 0.2) is 85.1 Å². The first-order valence-electron chi connectivity index (χ1n) is 28.1. The molecule has 6 heteroatoms. The van der Waals surface area contributed by atoms with Crippen molar-refractivity contribution in [3.05, 3.63) is 85.1 Å². The van der Waals surface area contributed by atoms with Gasteiger partial charge in [0, 0.05) is 19.3 Å². The van der Waals surface area contributed by atoms with Crippen molar-refractivity contribution in [2.75, 3.05) is 13.2 Å². The first kappa shape index (κ1) is 63.6. The van der Waals surface area contributed by atoms with E-state index in [1.807, 2.05) is 0 Å². The maximum atomic E-state index is 12.9. The summed E-state index contributed by atoms with van der Waals surface area (Å²) >= 11 is 0. The average Bonchev–Trinajstić information content (AvgIpc) is 3.33. The zero-order chi connectivity index (χ0) is 48.6. The van der Waals surface area contributed by atoms with Gasteiger partial charge in [-0.25, -0.2) is 0 Å². The Hall–Kier alpha value is -3.41. The summed E-state index contributed by atoms with van der Waals surface area (Å²) in [5.74, 6) is -0.978. The topological polar surface area (TPSA) is 78.9 Å². The van der Waals surface area contributed by atoms with E-state index in [1.165, 1.54) is 128 Å². The van der Waals surface area contributed by atoms with Gasteiger partial charge in [0.2, 0.25) is 0 Å². The molecule has 0 aromatic rings. The largest absolute Gasteiger partial charge is 0.462 e. The van der Waals surface area contributed by atoms with Gasteiger partial charge in [-0.1, -0.05) is 234 Å². The van der Waals surface area contributed by atoms with Gasteiger partial charge in [-0.2, -0.15) is 0 Å². The lowest BCUT2D eigenvalue weighted by Crippen LogP contribution is -2.30. The summed E-state index contributed by atoms with van der Waals surface area (Å²) in [6.07, 6.45) is 71.5. The molecular formula is C61H104O6. The highest BCUT2D eigenvalue weighted by molar-refractivity contribution is 5.71. The molecular weight excluding hydrogens is 829 g/mol. The molecule has 0 saturated heterocycles. The number of ether oxygens (including phenoxy) is 3. The molecule has 0 rings (SSSR count). The van der Waals surface area contributed by atoms with Gasteiger partial charge in [-0.15, -0.1) is 0 Å². The van der Waals surface area contributed by atoms with E-state index in [0.29, 0.717) is 19.3 Å². The zero-order valence-electron chi connectivity index (χ0n) is 43.9. The van der Waals surface area contributed by atoms with Crippen LogP contribution in [0, 0.1) is 0 Å². The number of esters is 3. The molecule has 0 aliphatic heterocycles. The second kappa shape index (κ2) is 55.2. The Morgan fingerprint density at radius 3 is 0.940 bits per heavy atom. The molecule has 384 valence electrons. The van der Waals surface area contributed by atoms with Gasteiger partial charge in [-0.3, -0.25) is 14.4 Å². The third-order valence-corrected chi connectivity index (χ3v) is 11.9. The number of hydrogen-bond donors (Lipinski definition) is 0. The highest BCUT2D eigenvalue weighted by atomic mass is 16.6. The maximum Gasteiger partial charge on any atom is 0.306 e. The Balaban J connectivity index is 4.46. The van der Waals surface area contributed by atoms with Crippen LogP contribution in [0.5, 0.6) is 0 Å². The molecule has 0 saturated carbocycles. The summed E-state index contributed by atoms with van der Waals surface area (Å²) in [5.41, 5.74) is 0. The summed E-state index contributed by atoms with van der Waals surface area (Å²) in [6, 6.07) is 0. The van der Waals surface area contributed by atoms with Crippen molar-refractivity contribution < 1.29 is 28.6 Å². The number of allylic oxidation sites excluding steroid dienone is 14. The van der Waals surface area contributed by atoms with Crippen molar-refractivity contribution in [1.82, 2.24) is 0 Å². The van der Waals surface area contributed by atoms with Gasteiger partial charge in [-0.05, 0) is 96.3 Å². The maximum absolute atomic E-state index is 12.9. The Morgan fingerprint density at radius 1 is 0.313 bits per heavy atom. The van der Waals surface area contributed by atoms with Crippen LogP contribution in [0.1, 0.15) is 265 Å². The number of carbonyl (C=O) groups is 3. The summed E-state index contributed by atoms with van der Waals surface area (Å²) in [4.78, 5) is 38.1. The third kappa shape index (κ3) is 53.4. The summed E-state index contributed by atoms with van der Waals surface area (Å²) in [5, 5.41) is 0. The fraction of sp³-hybridized carbons (Fsp3) is 0.721. The van der Waals surface area contributed by atoms with Crippen LogP contribution in [0.25, 0.3) is 0 Å². The Labute approximate surface area is 414 Å². The quantitative estimate of drug-likeness (QED) is 0.0262. The Kier molecular flexibility index (Phi) is 52.4. The molecule has 0 amide bonds. The van der Waals surface area contributed by atoms with Crippen LogP contribution < -0.4 is 0 Å². The zero-order valence-corrected chi connectivity index (χ0v) is 43.9. The second-order valence-corrected chi connectivity index (χ2v) is 18.5. The van der Waals surface area contributed by atoms with Gasteiger partial charge in [0.15, 0.2) is 6.10 Å². The van der Waals surface area contributed by atoms with Crippen molar-refractivity contribution in [3.8, 4) is 0 Å². The molecule has 0 aliphatic rings. The molecule has 0 aromatic heterocycles. The lowest BCUT2D eigenvalue weighted by atomic mass is 10.0. The van der Waals surface area contributed by atoms with Crippen LogP contribution in [-0.2, 0) is 28.6 Å². The third-order valence-electron chi connectivity index (χ3n) is 11.9. The molecule has 0 radical (unpaired) electrons. The summed E-state index contributed by atoms with van der Waals surface area (Å²) < 4.78 is 16.8. The van der Waals surface area contributed by atoms with E-state index >= 15 is 0 Å². The lowest BCUT2D eigenvalue weighted by molar-refractivity contribution is -0.167. The minimum absolute atomic E-state index is 0.108. The number of rotatable bonds is 50. The number of hydrogen-bond acceptors (Lipinski definition) is 6. The van der Waals surface area contributed by atoms with E-state index in [0.717, 1.165) is 96.3 Å². The van der Waals surface area contributed by atoms with Crippen molar-refractivity contribution in [3.63, 3.8) is 0 Å². The van der Waals surface area contributed by atoms with Gasteiger partial charge in [0.1, 0.15) is 13.2 Å². The Bertz CT molecular complexity index is 1300. The van der Waals surface area contributed by atoms with E-state index in [4.69, 9.17) is 14.2 Å². The minimum Gasteiger partial charge on any atom is -0.462 e. The Morgan fingerprint density at radius 2 is 0.582 bits per heavy atom. The van der Waals surface area contributed by atoms with Crippen LogP contribution in [-0.4, -0.2) is 37.2 Å². The molecule has 0 heterocycles. The lowest BCUT2D eigenvalue weighted by Gasteiger charge is -2.18. The minimum atomic E-state index is -0.808.